The van der Waals surface area contributed by atoms with Crippen LogP contribution < -0.4 is 5.32 Å². The lowest BCUT2D eigenvalue weighted by Gasteiger charge is -1.95. The van der Waals surface area contributed by atoms with Gasteiger partial charge in [-0.1, -0.05) is 6.92 Å². The molecule has 0 radical (unpaired) electrons. The van der Waals surface area contributed by atoms with Crippen LogP contribution in [0.3, 0.4) is 0 Å². The predicted octanol–water partition coefficient (Wildman–Crippen LogP) is 2.28. The van der Waals surface area contributed by atoms with E-state index in [0.29, 0.717) is 0 Å². The van der Waals surface area contributed by atoms with Crippen LogP contribution in [0.5, 0.6) is 0 Å². The van der Waals surface area contributed by atoms with Crippen molar-refractivity contribution in [3.05, 3.63) is 22.4 Å². The lowest BCUT2D eigenvalue weighted by molar-refractivity contribution is 0.729. The summed E-state index contributed by atoms with van der Waals surface area (Å²) in [6, 6.07) is 2.15. The number of hydrogen-bond acceptors (Lipinski definition) is 2. The minimum absolute atomic E-state index is 0. The first-order chi connectivity index (χ1) is 4.43. The van der Waals surface area contributed by atoms with E-state index < -0.39 is 0 Å². The van der Waals surface area contributed by atoms with Gasteiger partial charge in [0.15, 0.2) is 0 Å². The van der Waals surface area contributed by atoms with Gasteiger partial charge < -0.3 is 5.32 Å². The van der Waals surface area contributed by atoms with E-state index in [0.717, 1.165) is 13.1 Å². The summed E-state index contributed by atoms with van der Waals surface area (Å²) in [4.78, 5) is 0. The summed E-state index contributed by atoms with van der Waals surface area (Å²) in [6.07, 6.45) is 0. The standard InChI is InChI=1S/C7H11NS.ClH/c1-2-8-5-7-3-4-9-6-7;/h3-4,6,8H,2,5H2,1H3;1H. The highest BCUT2D eigenvalue weighted by Crippen LogP contribution is 2.04. The van der Waals surface area contributed by atoms with Crippen molar-refractivity contribution in [3.63, 3.8) is 0 Å². The van der Waals surface area contributed by atoms with Gasteiger partial charge in [0.05, 0.1) is 0 Å². The average Bonchev–Trinajstić information content (AvgIpc) is 2.34. The van der Waals surface area contributed by atoms with Crippen molar-refractivity contribution in [1.29, 1.82) is 0 Å². The topological polar surface area (TPSA) is 12.0 Å². The summed E-state index contributed by atoms with van der Waals surface area (Å²) in [6.45, 7) is 4.18. The second kappa shape index (κ2) is 5.71. The fourth-order valence-electron chi connectivity index (χ4n) is 0.663. The predicted molar refractivity (Wildman–Crippen MR) is 48.9 cm³/mol. The molecule has 1 aromatic rings. The van der Waals surface area contributed by atoms with Crippen molar-refractivity contribution in [2.75, 3.05) is 6.54 Å². The molecule has 1 N–H and O–H groups in total. The van der Waals surface area contributed by atoms with Gasteiger partial charge >= 0.3 is 0 Å². The second-order valence-corrected chi connectivity index (χ2v) is 2.69. The zero-order valence-corrected chi connectivity index (χ0v) is 7.60. The molecule has 0 aliphatic heterocycles. The Morgan fingerprint density at radius 1 is 1.60 bits per heavy atom. The zero-order chi connectivity index (χ0) is 6.53. The molecule has 0 amide bonds. The maximum absolute atomic E-state index is 3.26. The first-order valence-electron chi connectivity index (χ1n) is 3.15. The molecule has 0 saturated carbocycles. The number of nitrogens with one attached hydrogen (secondary N) is 1. The van der Waals surface area contributed by atoms with E-state index in [1.54, 1.807) is 11.3 Å². The molecule has 0 bridgehead atoms. The van der Waals surface area contributed by atoms with Crippen LogP contribution in [0.2, 0.25) is 0 Å². The Balaban J connectivity index is 0.000000810. The van der Waals surface area contributed by atoms with Crippen LogP contribution in [0, 0.1) is 0 Å². The quantitative estimate of drug-likeness (QED) is 0.747. The Bertz CT molecular complexity index is 151. The Kier molecular flexibility index (Phi) is 5.69. The Morgan fingerprint density at radius 2 is 2.40 bits per heavy atom. The number of rotatable bonds is 3. The maximum atomic E-state index is 3.26. The van der Waals surface area contributed by atoms with Crippen LogP contribution in [-0.4, -0.2) is 6.54 Å². The van der Waals surface area contributed by atoms with Crippen LogP contribution in [-0.2, 0) is 6.54 Å². The molecule has 1 nitrogen and oxygen atoms in total. The normalized spacial score (nSPS) is 8.90. The smallest absolute Gasteiger partial charge is 0.0213 e. The lowest BCUT2D eigenvalue weighted by atomic mass is 10.3. The third-order valence-corrected chi connectivity index (χ3v) is 1.89. The fourth-order valence-corrected chi connectivity index (χ4v) is 1.33. The van der Waals surface area contributed by atoms with Crippen LogP contribution >= 0.6 is 23.7 Å². The number of thiophene rings is 1. The first kappa shape index (κ1) is 9.95. The van der Waals surface area contributed by atoms with Gasteiger partial charge in [-0.2, -0.15) is 11.3 Å². The summed E-state index contributed by atoms with van der Waals surface area (Å²) < 4.78 is 0. The molecule has 0 fully saturated rings. The molecule has 3 heteroatoms. The Morgan fingerprint density at radius 3 is 2.90 bits per heavy atom. The van der Waals surface area contributed by atoms with Crippen molar-refractivity contribution in [2.45, 2.75) is 13.5 Å². The zero-order valence-electron chi connectivity index (χ0n) is 5.96. The van der Waals surface area contributed by atoms with Crippen LogP contribution in [0.15, 0.2) is 16.8 Å². The maximum Gasteiger partial charge on any atom is 0.0213 e. The molecule has 0 aliphatic carbocycles. The lowest BCUT2D eigenvalue weighted by Crippen LogP contribution is -2.10. The fraction of sp³-hybridized carbons (Fsp3) is 0.429. The molecule has 10 heavy (non-hydrogen) atoms. The summed E-state index contributed by atoms with van der Waals surface area (Å²) in [5.74, 6) is 0. The molecule has 0 unspecified atom stereocenters. The Hall–Kier alpha value is -0.0500. The molecular weight excluding hydrogens is 166 g/mol. The van der Waals surface area contributed by atoms with E-state index in [2.05, 4.69) is 29.1 Å². The summed E-state index contributed by atoms with van der Waals surface area (Å²) in [5.41, 5.74) is 1.39. The molecular formula is C7H12ClNS. The summed E-state index contributed by atoms with van der Waals surface area (Å²) in [7, 11) is 0. The Labute approximate surface area is 71.9 Å². The first-order valence-corrected chi connectivity index (χ1v) is 4.09. The van der Waals surface area contributed by atoms with Gasteiger partial charge in [0, 0.05) is 6.54 Å². The van der Waals surface area contributed by atoms with E-state index in [1.165, 1.54) is 5.56 Å². The summed E-state index contributed by atoms with van der Waals surface area (Å²) >= 11 is 1.75. The van der Waals surface area contributed by atoms with Crippen molar-refractivity contribution in [3.8, 4) is 0 Å². The highest BCUT2D eigenvalue weighted by atomic mass is 35.5. The van der Waals surface area contributed by atoms with Gasteiger partial charge in [-0.3, -0.25) is 0 Å². The van der Waals surface area contributed by atoms with Crippen LogP contribution in [0.25, 0.3) is 0 Å². The van der Waals surface area contributed by atoms with E-state index in [1.807, 2.05) is 0 Å². The molecule has 0 aromatic carbocycles. The summed E-state index contributed by atoms with van der Waals surface area (Å²) in [5, 5.41) is 7.53. The average molecular weight is 178 g/mol. The molecule has 0 saturated heterocycles. The van der Waals surface area contributed by atoms with Crippen LogP contribution in [0.4, 0.5) is 0 Å². The highest BCUT2D eigenvalue weighted by molar-refractivity contribution is 7.07. The largest absolute Gasteiger partial charge is 0.313 e. The van der Waals surface area contributed by atoms with Crippen molar-refractivity contribution >= 4 is 23.7 Å². The molecule has 1 rings (SSSR count). The minimum atomic E-state index is 0. The molecule has 0 atom stereocenters. The molecule has 0 spiro atoms. The molecule has 1 aromatic heterocycles. The second-order valence-electron chi connectivity index (χ2n) is 1.91. The van der Waals surface area contributed by atoms with Gasteiger partial charge in [0.1, 0.15) is 0 Å². The van der Waals surface area contributed by atoms with E-state index in [4.69, 9.17) is 0 Å². The van der Waals surface area contributed by atoms with Crippen molar-refractivity contribution in [2.24, 2.45) is 0 Å². The third kappa shape index (κ3) is 3.20. The highest BCUT2D eigenvalue weighted by Gasteiger charge is 1.87. The van der Waals surface area contributed by atoms with E-state index in [-0.39, 0.29) is 12.4 Å². The van der Waals surface area contributed by atoms with E-state index >= 15 is 0 Å². The SMILES string of the molecule is CCNCc1ccsc1.Cl. The van der Waals surface area contributed by atoms with Crippen molar-refractivity contribution in [1.82, 2.24) is 5.32 Å². The number of halogens is 1. The van der Waals surface area contributed by atoms with Gasteiger partial charge in [-0.25, -0.2) is 0 Å². The molecule has 0 aliphatic rings. The number of hydrogen-bond donors (Lipinski definition) is 1. The minimum Gasteiger partial charge on any atom is -0.313 e. The van der Waals surface area contributed by atoms with Gasteiger partial charge in [-0.05, 0) is 28.9 Å². The third-order valence-electron chi connectivity index (χ3n) is 1.16. The molecule has 58 valence electrons. The van der Waals surface area contributed by atoms with Gasteiger partial charge in [0.2, 0.25) is 0 Å². The van der Waals surface area contributed by atoms with Gasteiger partial charge in [0.25, 0.3) is 0 Å². The van der Waals surface area contributed by atoms with Crippen molar-refractivity contribution < 1.29 is 0 Å². The van der Waals surface area contributed by atoms with Crippen LogP contribution in [0.1, 0.15) is 12.5 Å². The van der Waals surface area contributed by atoms with Gasteiger partial charge in [-0.15, -0.1) is 12.4 Å². The van der Waals surface area contributed by atoms with E-state index in [9.17, 15) is 0 Å². The monoisotopic (exact) mass is 177 g/mol. The molecule has 1 heterocycles.